The van der Waals surface area contributed by atoms with E-state index < -0.39 is 0 Å². The highest BCUT2D eigenvalue weighted by molar-refractivity contribution is 6.17. The van der Waals surface area contributed by atoms with Crippen LogP contribution in [0.1, 0.15) is 33.4 Å². The van der Waals surface area contributed by atoms with Crippen molar-refractivity contribution in [3.8, 4) is 0 Å². The number of benzene rings is 6. The summed E-state index contributed by atoms with van der Waals surface area (Å²) in [5, 5.41) is 2.67. The highest BCUT2D eigenvalue weighted by atomic mass is 16.1. The number of aromatic nitrogens is 1. The predicted molar refractivity (Wildman–Crippen MR) is 206 cm³/mol. The number of hydrogen-bond donors (Lipinski definition) is 0. The highest BCUT2D eigenvalue weighted by Crippen LogP contribution is 2.34. The first-order valence-electron chi connectivity index (χ1n) is 16.2. The van der Waals surface area contributed by atoms with Crippen LogP contribution >= 0.6 is 0 Å². The van der Waals surface area contributed by atoms with E-state index in [0.29, 0.717) is 48.9 Å². The minimum atomic E-state index is -0.205. The molecule has 0 radical (unpaired) electrons. The summed E-state index contributed by atoms with van der Waals surface area (Å²) in [4.78, 5) is 43.4. The molecule has 9 rings (SSSR count). The lowest BCUT2D eigenvalue weighted by Crippen LogP contribution is -2.19. The van der Waals surface area contributed by atoms with Crippen LogP contribution in [0.4, 0.5) is 0 Å². The van der Waals surface area contributed by atoms with E-state index in [4.69, 9.17) is 0 Å². The van der Waals surface area contributed by atoms with Crippen LogP contribution in [-0.4, -0.2) is 4.40 Å². The fourth-order valence-electron chi connectivity index (χ4n) is 7.06. The normalized spacial score (nSPS) is 12.5. The van der Waals surface area contributed by atoms with Gasteiger partial charge in [0.1, 0.15) is 0 Å². The monoisotopic (exact) mass is 629 g/mol. The van der Waals surface area contributed by atoms with E-state index in [9.17, 15) is 14.4 Å². The minimum Gasteiger partial charge on any atom is -0.306 e. The Morgan fingerprint density at radius 1 is 0.306 bits per heavy atom. The first kappa shape index (κ1) is 28.6. The van der Waals surface area contributed by atoms with E-state index in [1.54, 1.807) is 0 Å². The molecule has 4 nitrogen and oxygen atoms in total. The quantitative estimate of drug-likeness (QED) is 0.105. The molecule has 4 heteroatoms. The fraction of sp³-hybridized carbons (Fsp3) is 0. The zero-order chi connectivity index (χ0) is 33.1. The van der Waals surface area contributed by atoms with E-state index in [1.165, 1.54) is 0 Å². The Bertz CT molecular complexity index is 2530. The molecular formula is C45H27NO3. The van der Waals surface area contributed by atoms with Gasteiger partial charge in [0.05, 0.1) is 16.6 Å². The van der Waals surface area contributed by atoms with Crippen LogP contribution in [0, 0.1) is 0 Å². The summed E-state index contributed by atoms with van der Waals surface area (Å²) < 4.78 is 1.99. The van der Waals surface area contributed by atoms with Gasteiger partial charge in [0.15, 0.2) is 16.3 Å². The predicted octanol–water partition coefficient (Wildman–Crippen LogP) is 9.46. The van der Waals surface area contributed by atoms with Gasteiger partial charge in [-0.15, -0.1) is 0 Å². The van der Waals surface area contributed by atoms with Crippen LogP contribution in [-0.2, 0) is 0 Å². The summed E-state index contributed by atoms with van der Waals surface area (Å²) in [6.45, 7) is 0. The molecular weight excluding hydrogens is 602 g/mol. The SMILES string of the molecule is O=c1c2cc(/C=C/c3ccccc3)cc3c(=O)c4cc(/C=C/c5ccccc5)cc5c(=O)c6cc(/C=C/c7ccccc7)cc1c6n(c23)c45. The summed E-state index contributed by atoms with van der Waals surface area (Å²) in [5.41, 5.74) is 6.30. The third kappa shape index (κ3) is 4.73. The molecule has 0 fully saturated rings. The van der Waals surface area contributed by atoms with Crippen LogP contribution in [0.2, 0.25) is 0 Å². The van der Waals surface area contributed by atoms with Crippen molar-refractivity contribution in [1.29, 1.82) is 0 Å². The smallest absolute Gasteiger partial charge is 0.197 e. The second-order valence-electron chi connectivity index (χ2n) is 12.4. The summed E-state index contributed by atoms with van der Waals surface area (Å²) in [7, 11) is 0. The van der Waals surface area contributed by atoms with Crippen molar-refractivity contribution < 1.29 is 0 Å². The standard InChI is InChI=1S/C45H27NO3/c47-43-34-22-31(19-16-28-10-4-1-5-11-28)23-35-40(34)46-41-36(43)24-32(20-17-29-12-6-2-7-13-29)26-38(41)45(49)39-27-33(25-37(42(39)46)44(35)48)21-18-30-14-8-3-9-15-30/h1-27H/b19-16+,20-17+,21-18+. The lowest BCUT2D eigenvalue weighted by molar-refractivity contribution is 1.31. The lowest BCUT2D eigenvalue weighted by atomic mass is 9.94. The zero-order valence-electron chi connectivity index (χ0n) is 26.3. The Labute approximate surface area is 280 Å². The van der Waals surface area contributed by atoms with E-state index in [0.717, 1.165) is 33.4 Å². The van der Waals surface area contributed by atoms with Crippen LogP contribution < -0.4 is 16.3 Å². The van der Waals surface area contributed by atoms with Crippen molar-refractivity contribution in [1.82, 2.24) is 4.40 Å². The molecule has 3 aromatic heterocycles. The third-order valence-corrected chi connectivity index (χ3v) is 9.34. The average Bonchev–Trinajstić information content (AvgIpc) is 3.15. The van der Waals surface area contributed by atoms with E-state index in [-0.39, 0.29) is 16.3 Å². The first-order valence-corrected chi connectivity index (χ1v) is 16.2. The molecule has 6 aromatic carbocycles. The second kappa shape index (κ2) is 11.3. The van der Waals surface area contributed by atoms with E-state index in [2.05, 4.69) is 0 Å². The first-order chi connectivity index (χ1) is 24.0. The molecule has 0 bridgehead atoms. The van der Waals surface area contributed by atoms with Crippen molar-refractivity contribution in [2.75, 3.05) is 0 Å². The number of pyridine rings is 3. The fourth-order valence-corrected chi connectivity index (χ4v) is 7.06. The minimum absolute atomic E-state index is 0.205. The van der Waals surface area contributed by atoms with Gasteiger partial charge in [0.2, 0.25) is 0 Å². The summed E-state index contributed by atoms with van der Waals surface area (Å²) in [6, 6.07) is 40.9. The van der Waals surface area contributed by atoms with Crippen LogP contribution in [0.15, 0.2) is 142 Å². The Morgan fingerprint density at radius 2 is 0.531 bits per heavy atom. The van der Waals surface area contributed by atoms with Crippen LogP contribution in [0.3, 0.4) is 0 Å². The van der Waals surface area contributed by atoms with Gasteiger partial charge < -0.3 is 4.40 Å². The van der Waals surface area contributed by atoms with Gasteiger partial charge in [0.25, 0.3) is 0 Å². The maximum absolute atomic E-state index is 14.5. The molecule has 3 heterocycles. The van der Waals surface area contributed by atoms with Gasteiger partial charge in [-0.1, -0.05) is 127 Å². The molecule has 0 saturated carbocycles. The van der Waals surface area contributed by atoms with Crippen molar-refractivity contribution in [3.63, 3.8) is 0 Å². The largest absolute Gasteiger partial charge is 0.306 e. The molecule has 0 unspecified atom stereocenters. The van der Waals surface area contributed by atoms with Crippen molar-refractivity contribution in [2.24, 2.45) is 0 Å². The molecule has 230 valence electrons. The van der Waals surface area contributed by atoms with Gasteiger partial charge in [-0.2, -0.15) is 0 Å². The molecule has 0 amide bonds. The Balaban J connectivity index is 1.39. The second-order valence-corrected chi connectivity index (χ2v) is 12.4. The summed E-state index contributed by atoms with van der Waals surface area (Å²) >= 11 is 0. The van der Waals surface area contributed by atoms with Gasteiger partial charge in [0, 0.05) is 32.3 Å². The Hall–Kier alpha value is -6.65. The average molecular weight is 630 g/mol. The molecule has 0 N–H and O–H groups in total. The number of hydrogen-bond acceptors (Lipinski definition) is 3. The van der Waals surface area contributed by atoms with Crippen LogP contribution in [0.5, 0.6) is 0 Å². The topological polar surface area (TPSA) is 55.6 Å². The lowest BCUT2D eigenvalue weighted by Gasteiger charge is -2.19. The van der Waals surface area contributed by atoms with Gasteiger partial charge in [-0.3, -0.25) is 14.4 Å². The number of nitrogens with zero attached hydrogens (tertiary/aromatic N) is 1. The summed E-state index contributed by atoms with van der Waals surface area (Å²) in [5.74, 6) is 0. The molecule has 0 spiro atoms. The molecule has 0 saturated heterocycles. The van der Waals surface area contributed by atoms with E-state index >= 15 is 0 Å². The molecule has 0 aliphatic heterocycles. The Kier molecular flexibility index (Phi) is 6.56. The van der Waals surface area contributed by atoms with Gasteiger partial charge in [-0.25, -0.2) is 0 Å². The van der Waals surface area contributed by atoms with Gasteiger partial charge >= 0.3 is 0 Å². The zero-order valence-corrected chi connectivity index (χ0v) is 26.3. The van der Waals surface area contributed by atoms with E-state index in [1.807, 2.05) is 168 Å². The Morgan fingerprint density at radius 3 is 0.776 bits per heavy atom. The number of rotatable bonds is 6. The molecule has 9 aromatic rings. The maximum Gasteiger partial charge on any atom is 0.197 e. The van der Waals surface area contributed by atoms with Crippen molar-refractivity contribution >= 4 is 85.3 Å². The highest BCUT2D eigenvalue weighted by Gasteiger charge is 2.24. The molecule has 0 aliphatic rings. The van der Waals surface area contributed by atoms with Gasteiger partial charge in [-0.05, 0) is 69.8 Å². The molecule has 0 aliphatic carbocycles. The third-order valence-electron chi connectivity index (χ3n) is 9.34. The summed E-state index contributed by atoms with van der Waals surface area (Å²) in [6.07, 6.45) is 11.7. The maximum atomic E-state index is 14.5. The van der Waals surface area contributed by atoms with Crippen molar-refractivity contribution in [3.05, 3.63) is 191 Å². The van der Waals surface area contributed by atoms with Crippen LogP contribution in [0.25, 0.3) is 85.3 Å². The molecule has 49 heavy (non-hydrogen) atoms. The van der Waals surface area contributed by atoms with Crippen molar-refractivity contribution in [2.45, 2.75) is 0 Å². The molecule has 0 atom stereocenters.